The van der Waals surface area contributed by atoms with E-state index < -0.39 is 11.9 Å². The topological polar surface area (TPSA) is 87.1 Å². The van der Waals surface area contributed by atoms with Crippen LogP contribution in [0.4, 0.5) is 0 Å². The molecule has 0 aromatic carbocycles. The SMILES string of the molecule is COCCN(CC(=O)O)C(=O)C1CC(=O)N(C)C1. The van der Waals surface area contributed by atoms with Crippen molar-refractivity contribution >= 4 is 17.8 Å². The number of rotatable bonds is 6. The number of amides is 2. The van der Waals surface area contributed by atoms with E-state index in [0.717, 1.165) is 0 Å². The molecule has 0 radical (unpaired) electrons. The molecule has 0 spiro atoms. The molecule has 2 amide bonds. The second-order valence-corrected chi connectivity index (χ2v) is 4.32. The maximum Gasteiger partial charge on any atom is 0.323 e. The smallest absolute Gasteiger partial charge is 0.323 e. The maximum absolute atomic E-state index is 12.1. The fourth-order valence-electron chi connectivity index (χ4n) is 1.92. The van der Waals surface area contributed by atoms with Gasteiger partial charge >= 0.3 is 5.97 Å². The van der Waals surface area contributed by atoms with Gasteiger partial charge in [-0.1, -0.05) is 0 Å². The molecule has 0 aromatic rings. The molecule has 7 heteroatoms. The van der Waals surface area contributed by atoms with Crippen molar-refractivity contribution in [1.29, 1.82) is 0 Å². The summed E-state index contributed by atoms with van der Waals surface area (Å²) in [5, 5.41) is 8.77. The number of carbonyl (C=O) groups is 3. The van der Waals surface area contributed by atoms with Crippen LogP contribution in [-0.4, -0.2) is 73.1 Å². The second kappa shape index (κ2) is 6.34. The van der Waals surface area contributed by atoms with Crippen LogP contribution in [-0.2, 0) is 19.1 Å². The van der Waals surface area contributed by atoms with Crippen molar-refractivity contribution < 1.29 is 24.2 Å². The van der Waals surface area contributed by atoms with Crippen molar-refractivity contribution in [3.63, 3.8) is 0 Å². The lowest BCUT2D eigenvalue weighted by Gasteiger charge is -2.23. The highest BCUT2D eigenvalue weighted by molar-refractivity contribution is 5.90. The molecule has 0 bridgehead atoms. The van der Waals surface area contributed by atoms with Crippen molar-refractivity contribution in [2.24, 2.45) is 5.92 Å². The van der Waals surface area contributed by atoms with Crippen LogP contribution in [0.5, 0.6) is 0 Å². The van der Waals surface area contributed by atoms with Gasteiger partial charge in [0.05, 0.1) is 12.5 Å². The first-order valence-electron chi connectivity index (χ1n) is 5.69. The summed E-state index contributed by atoms with van der Waals surface area (Å²) in [6.45, 7) is 0.475. The lowest BCUT2D eigenvalue weighted by atomic mass is 10.1. The summed E-state index contributed by atoms with van der Waals surface area (Å²) in [6, 6.07) is 0. The summed E-state index contributed by atoms with van der Waals surface area (Å²) in [4.78, 5) is 36.9. The summed E-state index contributed by atoms with van der Waals surface area (Å²) in [5.41, 5.74) is 0. The molecule has 1 saturated heterocycles. The van der Waals surface area contributed by atoms with Crippen LogP contribution in [0.15, 0.2) is 0 Å². The molecule has 0 aromatic heterocycles. The van der Waals surface area contributed by atoms with Crippen LogP contribution in [0.25, 0.3) is 0 Å². The maximum atomic E-state index is 12.1. The second-order valence-electron chi connectivity index (χ2n) is 4.32. The Labute approximate surface area is 105 Å². The largest absolute Gasteiger partial charge is 0.480 e. The number of carboxylic acid groups (broad SMARTS) is 1. The summed E-state index contributed by atoms with van der Waals surface area (Å²) in [7, 11) is 3.11. The van der Waals surface area contributed by atoms with E-state index in [9.17, 15) is 14.4 Å². The molecule has 0 saturated carbocycles. The molecule has 1 N–H and O–H groups in total. The van der Waals surface area contributed by atoms with Crippen LogP contribution < -0.4 is 0 Å². The van der Waals surface area contributed by atoms with Gasteiger partial charge in [0.2, 0.25) is 11.8 Å². The first kappa shape index (κ1) is 14.4. The van der Waals surface area contributed by atoms with Gasteiger partial charge in [-0.3, -0.25) is 14.4 Å². The number of carbonyl (C=O) groups excluding carboxylic acids is 2. The zero-order chi connectivity index (χ0) is 13.7. The summed E-state index contributed by atoms with van der Waals surface area (Å²) in [5.74, 6) is -1.90. The van der Waals surface area contributed by atoms with Crippen LogP contribution in [0.2, 0.25) is 0 Å². The molecule has 18 heavy (non-hydrogen) atoms. The van der Waals surface area contributed by atoms with Gasteiger partial charge in [0.15, 0.2) is 0 Å². The van der Waals surface area contributed by atoms with E-state index >= 15 is 0 Å². The molecule has 1 heterocycles. The standard InChI is InChI=1S/C11H18N2O5/c1-12-6-8(5-9(12)14)11(17)13(3-4-18-2)7-10(15)16/h8H,3-7H2,1-2H3,(H,15,16). The zero-order valence-corrected chi connectivity index (χ0v) is 10.6. The average Bonchev–Trinajstić information content (AvgIpc) is 2.63. The molecular formula is C11H18N2O5. The first-order valence-corrected chi connectivity index (χ1v) is 5.69. The quantitative estimate of drug-likeness (QED) is 0.662. The molecule has 7 nitrogen and oxygen atoms in total. The van der Waals surface area contributed by atoms with Gasteiger partial charge in [-0.15, -0.1) is 0 Å². The Morgan fingerprint density at radius 1 is 1.56 bits per heavy atom. The Kier molecular flexibility index (Phi) is 5.08. The number of methoxy groups -OCH3 is 1. The lowest BCUT2D eigenvalue weighted by Crippen LogP contribution is -2.42. The monoisotopic (exact) mass is 258 g/mol. The van der Waals surface area contributed by atoms with E-state index in [4.69, 9.17) is 9.84 Å². The van der Waals surface area contributed by atoms with Crippen molar-refractivity contribution in [3.8, 4) is 0 Å². The average molecular weight is 258 g/mol. The van der Waals surface area contributed by atoms with Gasteiger partial charge < -0.3 is 19.6 Å². The van der Waals surface area contributed by atoms with E-state index in [1.165, 1.54) is 16.9 Å². The van der Waals surface area contributed by atoms with Crippen molar-refractivity contribution in [1.82, 2.24) is 9.80 Å². The molecule has 1 rings (SSSR count). The van der Waals surface area contributed by atoms with E-state index in [2.05, 4.69) is 0 Å². The van der Waals surface area contributed by atoms with Crippen molar-refractivity contribution in [3.05, 3.63) is 0 Å². The third-order valence-electron chi connectivity index (χ3n) is 2.89. The fraction of sp³-hybridized carbons (Fsp3) is 0.727. The molecule has 1 fully saturated rings. The number of nitrogens with zero attached hydrogens (tertiary/aromatic N) is 2. The molecule has 1 aliphatic heterocycles. The minimum atomic E-state index is -1.07. The number of hydrogen-bond acceptors (Lipinski definition) is 4. The van der Waals surface area contributed by atoms with Gasteiger partial charge in [-0.05, 0) is 0 Å². The highest BCUT2D eigenvalue weighted by Gasteiger charge is 2.35. The van der Waals surface area contributed by atoms with Crippen molar-refractivity contribution in [2.45, 2.75) is 6.42 Å². The number of ether oxygens (including phenoxy) is 1. The molecule has 1 aliphatic rings. The number of likely N-dealkylation sites (tertiary alicyclic amines) is 1. The zero-order valence-electron chi connectivity index (χ0n) is 10.6. The minimum absolute atomic E-state index is 0.0876. The predicted octanol–water partition coefficient (Wildman–Crippen LogP) is -0.976. The van der Waals surface area contributed by atoms with Gasteiger partial charge in [0.25, 0.3) is 0 Å². The van der Waals surface area contributed by atoms with Crippen LogP contribution in [0.1, 0.15) is 6.42 Å². The van der Waals surface area contributed by atoms with Gasteiger partial charge in [-0.25, -0.2) is 0 Å². The number of carboxylic acids is 1. The molecule has 0 aliphatic carbocycles. The van der Waals surface area contributed by atoms with Crippen molar-refractivity contribution in [2.75, 3.05) is 40.4 Å². The highest BCUT2D eigenvalue weighted by Crippen LogP contribution is 2.18. The Bertz CT molecular complexity index is 344. The molecule has 102 valence electrons. The Morgan fingerprint density at radius 3 is 2.67 bits per heavy atom. The first-order chi connectivity index (χ1) is 8.45. The summed E-state index contributed by atoms with van der Waals surface area (Å²) >= 11 is 0. The number of hydrogen-bond donors (Lipinski definition) is 1. The summed E-state index contributed by atoms with van der Waals surface area (Å²) in [6.07, 6.45) is 0.151. The van der Waals surface area contributed by atoms with Crippen LogP contribution in [0, 0.1) is 5.92 Å². The molecule has 1 unspecified atom stereocenters. The molecular weight excluding hydrogens is 240 g/mol. The Morgan fingerprint density at radius 2 is 2.22 bits per heavy atom. The van der Waals surface area contributed by atoms with E-state index in [1.54, 1.807) is 7.05 Å². The van der Waals surface area contributed by atoms with Gasteiger partial charge in [0.1, 0.15) is 6.54 Å². The van der Waals surface area contributed by atoms with Gasteiger partial charge in [0, 0.05) is 33.7 Å². The number of aliphatic carboxylic acids is 1. The van der Waals surface area contributed by atoms with Crippen LogP contribution >= 0.6 is 0 Å². The lowest BCUT2D eigenvalue weighted by molar-refractivity contribution is -0.146. The van der Waals surface area contributed by atoms with Crippen LogP contribution in [0.3, 0.4) is 0 Å². The van der Waals surface area contributed by atoms with Gasteiger partial charge in [-0.2, -0.15) is 0 Å². The highest BCUT2D eigenvalue weighted by atomic mass is 16.5. The van der Waals surface area contributed by atoms with E-state index in [0.29, 0.717) is 6.54 Å². The predicted molar refractivity (Wildman–Crippen MR) is 61.8 cm³/mol. The minimum Gasteiger partial charge on any atom is -0.480 e. The third kappa shape index (κ3) is 3.69. The third-order valence-corrected chi connectivity index (χ3v) is 2.89. The Hall–Kier alpha value is -1.63. The fourth-order valence-corrected chi connectivity index (χ4v) is 1.92. The summed E-state index contributed by atoms with van der Waals surface area (Å²) < 4.78 is 4.84. The van der Waals surface area contributed by atoms with E-state index in [1.807, 2.05) is 0 Å². The normalized spacial score (nSPS) is 19.1. The molecule has 1 atom stereocenters. The Balaban J connectivity index is 2.63. The van der Waals surface area contributed by atoms with E-state index in [-0.39, 0.29) is 37.9 Å².